The molecule has 1 atom stereocenters. The van der Waals surface area contributed by atoms with E-state index in [1.165, 1.54) is 19.2 Å². The average Bonchev–Trinajstić information content (AvgIpc) is 2.29. The fourth-order valence-corrected chi connectivity index (χ4v) is 1.83. The molecule has 0 spiro atoms. The molecule has 0 aromatic heterocycles. The van der Waals surface area contributed by atoms with Gasteiger partial charge in [-0.2, -0.15) is 13.2 Å². The smallest absolute Gasteiger partial charge is 0.383 e. The second-order valence-electron chi connectivity index (χ2n) is 4.64. The van der Waals surface area contributed by atoms with Crippen molar-refractivity contribution in [3.8, 4) is 0 Å². The molecule has 108 valence electrons. The maximum atomic E-state index is 12.9. The summed E-state index contributed by atoms with van der Waals surface area (Å²) in [5, 5.41) is 2.94. The lowest BCUT2D eigenvalue weighted by Crippen LogP contribution is -2.31. The molecule has 0 heterocycles. The summed E-state index contributed by atoms with van der Waals surface area (Å²) < 4.78 is 43.8. The number of methoxy groups -OCH3 is 1. The molecule has 1 aromatic carbocycles. The van der Waals surface area contributed by atoms with Crippen LogP contribution in [0.3, 0.4) is 0 Å². The quantitative estimate of drug-likeness (QED) is 0.867. The van der Waals surface area contributed by atoms with Gasteiger partial charge in [0.25, 0.3) is 0 Å². The summed E-state index contributed by atoms with van der Waals surface area (Å²) in [5.74, 6) is 0.136. The van der Waals surface area contributed by atoms with Crippen LogP contribution in [-0.2, 0) is 10.9 Å². The highest BCUT2D eigenvalue weighted by atomic mass is 35.5. The van der Waals surface area contributed by atoms with E-state index in [9.17, 15) is 13.2 Å². The van der Waals surface area contributed by atoms with E-state index < -0.39 is 11.7 Å². The summed E-state index contributed by atoms with van der Waals surface area (Å²) in [6.07, 6.45) is -4.44. The van der Waals surface area contributed by atoms with E-state index in [-0.39, 0.29) is 22.7 Å². The molecule has 0 aliphatic carbocycles. The lowest BCUT2D eigenvalue weighted by molar-refractivity contribution is -0.137. The van der Waals surface area contributed by atoms with Gasteiger partial charge in [-0.3, -0.25) is 0 Å². The molecule has 19 heavy (non-hydrogen) atoms. The van der Waals surface area contributed by atoms with Gasteiger partial charge in [-0.15, -0.1) is 0 Å². The zero-order chi connectivity index (χ0) is 14.6. The molecule has 0 aliphatic rings. The molecule has 1 unspecified atom stereocenters. The predicted molar refractivity (Wildman–Crippen MR) is 70.6 cm³/mol. The second-order valence-corrected chi connectivity index (χ2v) is 5.07. The minimum atomic E-state index is -4.44. The zero-order valence-electron chi connectivity index (χ0n) is 11.0. The molecule has 0 saturated carbocycles. The highest BCUT2D eigenvalue weighted by Crippen LogP contribution is 2.37. The number of nitrogens with one attached hydrogen (secondary N) is 1. The molecule has 0 aliphatic heterocycles. The van der Waals surface area contributed by atoms with Gasteiger partial charge < -0.3 is 10.1 Å². The molecule has 1 N–H and O–H groups in total. The fraction of sp³-hybridized carbons (Fsp3) is 0.538. The van der Waals surface area contributed by atoms with Gasteiger partial charge >= 0.3 is 6.18 Å². The molecule has 1 aromatic rings. The van der Waals surface area contributed by atoms with Crippen LogP contribution in [0.2, 0.25) is 5.02 Å². The monoisotopic (exact) mass is 295 g/mol. The topological polar surface area (TPSA) is 21.3 Å². The number of rotatable bonds is 5. The van der Waals surface area contributed by atoms with Gasteiger partial charge in [0.1, 0.15) is 0 Å². The third-order valence-corrected chi connectivity index (χ3v) is 3.01. The van der Waals surface area contributed by atoms with Crippen LogP contribution in [-0.4, -0.2) is 19.8 Å². The van der Waals surface area contributed by atoms with Crippen LogP contribution in [0.15, 0.2) is 18.2 Å². The van der Waals surface area contributed by atoms with Gasteiger partial charge in [-0.1, -0.05) is 25.4 Å². The standard InChI is InChI=1S/C13H17ClF3NO/c1-8(2)12(7-19-3)18-11-5-4-9(14)6-10(11)13(15,16)17/h4-6,8,12,18H,7H2,1-3H3. The van der Waals surface area contributed by atoms with E-state index in [0.717, 1.165) is 6.07 Å². The van der Waals surface area contributed by atoms with E-state index in [1.54, 1.807) is 0 Å². The Hall–Kier alpha value is -0.940. The summed E-state index contributed by atoms with van der Waals surface area (Å²) in [5.41, 5.74) is -0.741. The summed E-state index contributed by atoms with van der Waals surface area (Å²) in [4.78, 5) is 0. The summed E-state index contributed by atoms with van der Waals surface area (Å²) >= 11 is 5.63. The Morgan fingerprint density at radius 1 is 1.32 bits per heavy atom. The lowest BCUT2D eigenvalue weighted by atomic mass is 10.0. The Balaban J connectivity index is 3.06. The maximum Gasteiger partial charge on any atom is 0.418 e. The molecular formula is C13H17ClF3NO. The van der Waals surface area contributed by atoms with Gasteiger partial charge in [0.2, 0.25) is 0 Å². The van der Waals surface area contributed by atoms with Crippen LogP contribution in [0.1, 0.15) is 19.4 Å². The number of ether oxygens (including phenoxy) is 1. The largest absolute Gasteiger partial charge is 0.418 e. The first kappa shape index (κ1) is 16.1. The Bertz CT molecular complexity index is 421. The van der Waals surface area contributed by atoms with Crippen molar-refractivity contribution in [3.05, 3.63) is 28.8 Å². The number of anilines is 1. The number of benzene rings is 1. The third-order valence-electron chi connectivity index (χ3n) is 2.78. The van der Waals surface area contributed by atoms with E-state index >= 15 is 0 Å². The zero-order valence-corrected chi connectivity index (χ0v) is 11.8. The number of hydrogen-bond acceptors (Lipinski definition) is 2. The Labute approximate surface area is 115 Å². The van der Waals surface area contributed by atoms with Crippen molar-refractivity contribution in [2.45, 2.75) is 26.1 Å². The minimum absolute atomic E-state index is 0.0210. The predicted octanol–water partition coefficient (Wildman–Crippen LogP) is 4.44. The van der Waals surface area contributed by atoms with Crippen molar-refractivity contribution in [3.63, 3.8) is 0 Å². The van der Waals surface area contributed by atoms with Gasteiger partial charge in [-0.25, -0.2) is 0 Å². The first-order valence-electron chi connectivity index (χ1n) is 5.88. The number of alkyl halides is 3. The molecular weight excluding hydrogens is 279 g/mol. The van der Waals surface area contributed by atoms with Gasteiger partial charge in [0.15, 0.2) is 0 Å². The van der Waals surface area contributed by atoms with E-state index in [0.29, 0.717) is 6.61 Å². The van der Waals surface area contributed by atoms with Crippen LogP contribution < -0.4 is 5.32 Å². The molecule has 1 rings (SSSR count). The number of hydrogen-bond donors (Lipinski definition) is 1. The van der Waals surface area contributed by atoms with Crippen LogP contribution in [0, 0.1) is 5.92 Å². The van der Waals surface area contributed by atoms with Crippen LogP contribution in [0.25, 0.3) is 0 Å². The lowest BCUT2D eigenvalue weighted by Gasteiger charge is -2.25. The third kappa shape index (κ3) is 4.58. The Morgan fingerprint density at radius 3 is 2.42 bits per heavy atom. The van der Waals surface area contributed by atoms with E-state index in [1.807, 2.05) is 13.8 Å². The minimum Gasteiger partial charge on any atom is -0.383 e. The summed E-state index contributed by atoms with van der Waals surface area (Å²) in [6, 6.07) is 3.50. The summed E-state index contributed by atoms with van der Waals surface area (Å²) in [6.45, 7) is 4.16. The van der Waals surface area contributed by atoms with Gasteiger partial charge in [-0.05, 0) is 24.1 Å². The Kier molecular flexibility index (Phi) is 5.50. The number of halogens is 4. The van der Waals surface area contributed by atoms with Crippen molar-refractivity contribution in [1.29, 1.82) is 0 Å². The van der Waals surface area contributed by atoms with Crippen LogP contribution >= 0.6 is 11.6 Å². The molecule has 0 radical (unpaired) electrons. The molecule has 6 heteroatoms. The summed E-state index contributed by atoms with van der Waals surface area (Å²) in [7, 11) is 1.52. The van der Waals surface area contributed by atoms with Crippen molar-refractivity contribution < 1.29 is 17.9 Å². The van der Waals surface area contributed by atoms with Crippen molar-refractivity contribution in [2.24, 2.45) is 5.92 Å². The van der Waals surface area contributed by atoms with Gasteiger partial charge in [0, 0.05) is 17.8 Å². The van der Waals surface area contributed by atoms with Crippen molar-refractivity contribution in [1.82, 2.24) is 0 Å². The van der Waals surface area contributed by atoms with Gasteiger partial charge in [0.05, 0.1) is 18.2 Å². The Morgan fingerprint density at radius 2 is 1.95 bits per heavy atom. The van der Waals surface area contributed by atoms with Crippen molar-refractivity contribution in [2.75, 3.05) is 19.0 Å². The highest BCUT2D eigenvalue weighted by Gasteiger charge is 2.34. The first-order valence-corrected chi connectivity index (χ1v) is 6.25. The molecule has 0 fully saturated rings. The first-order chi connectivity index (χ1) is 8.75. The molecule has 2 nitrogen and oxygen atoms in total. The highest BCUT2D eigenvalue weighted by molar-refractivity contribution is 6.30. The second kappa shape index (κ2) is 6.48. The van der Waals surface area contributed by atoms with Crippen LogP contribution in [0.4, 0.5) is 18.9 Å². The normalized spacial score (nSPS) is 13.7. The van der Waals surface area contributed by atoms with E-state index in [2.05, 4.69) is 5.32 Å². The molecule has 0 bridgehead atoms. The van der Waals surface area contributed by atoms with E-state index in [4.69, 9.17) is 16.3 Å². The van der Waals surface area contributed by atoms with Crippen LogP contribution in [0.5, 0.6) is 0 Å². The molecule has 0 amide bonds. The van der Waals surface area contributed by atoms with Crippen molar-refractivity contribution >= 4 is 17.3 Å². The average molecular weight is 296 g/mol. The maximum absolute atomic E-state index is 12.9. The SMILES string of the molecule is COCC(Nc1ccc(Cl)cc1C(F)(F)F)C(C)C. The fourth-order valence-electron chi connectivity index (χ4n) is 1.66. The molecule has 0 saturated heterocycles.